The fourth-order valence-electron chi connectivity index (χ4n) is 1.56. The van der Waals surface area contributed by atoms with Gasteiger partial charge in [0.25, 0.3) is 0 Å². The number of nitrogen functional groups attached to an aromatic ring is 1. The molecule has 0 amide bonds. The summed E-state index contributed by atoms with van der Waals surface area (Å²) < 4.78 is 18.5. The van der Waals surface area contributed by atoms with Gasteiger partial charge in [0.1, 0.15) is 12.4 Å². The van der Waals surface area contributed by atoms with E-state index in [1.54, 1.807) is 12.1 Å². The van der Waals surface area contributed by atoms with Crippen LogP contribution in [0.1, 0.15) is 15.9 Å². The molecule has 0 bridgehead atoms. The molecule has 0 unspecified atom stereocenters. The van der Waals surface area contributed by atoms with Crippen molar-refractivity contribution in [3.8, 4) is 0 Å². The molecule has 6 heteroatoms. The summed E-state index contributed by atoms with van der Waals surface area (Å²) in [5.74, 6) is -0.954. The predicted octanol–water partition coefficient (Wildman–Crippen LogP) is 4.18. The van der Waals surface area contributed by atoms with Crippen molar-refractivity contribution in [3.63, 3.8) is 0 Å². The molecule has 0 fully saturated rings. The van der Waals surface area contributed by atoms with E-state index in [9.17, 15) is 9.18 Å². The van der Waals surface area contributed by atoms with Gasteiger partial charge >= 0.3 is 5.97 Å². The van der Waals surface area contributed by atoms with Crippen molar-refractivity contribution in [2.45, 2.75) is 6.61 Å². The largest absolute Gasteiger partial charge is 0.457 e. The minimum absolute atomic E-state index is 0.0175. The van der Waals surface area contributed by atoms with Crippen LogP contribution in [-0.2, 0) is 11.3 Å². The number of hydrogen-bond donors (Lipinski definition) is 1. The second-order valence-corrected chi connectivity index (χ2v) is 5.35. The van der Waals surface area contributed by atoms with E-state index >= 15 is 0 Å². The lowest BCUT2D eigenvalue weighted by Crippen LogP contribution is -2.08. The monoisotopic (exact) mass is 357 g/mol. The highest BCUT2D eigenvalue weighted by atomic mass is 79.9. The number of ether oxygens (including phenoxy) is 1. The van der Waals surface area contributed by atoms with Crippen LogP contribution in [0.15, 0.2) is 40.9 Å². The summed E-state index contributed by atoms with van der Waals surface area (Å²) in [6.45, 7) is 0.0175. The minimum Gasteiger partial charge on any atom is -0.457 e. The van der Waals surface area contributed by atoms with Crippen molar-refractivity contribution < 1.29 is 13.9 Å². The van der Waals surface area contributed by atoms with Crippen molar-refractivity contribution in [2.75, 3.05) is 5.73 Å². The van der Waals surface area contributed by atoms with Crippen molar-refractivity contribution in [2.24, 2.45) is 0 Å². The van der Waals surface area contributed by atoms with Gasteiger partial charge in [-0.15, -0.1) is 0 Å². The number of hydrogen-bond acceptors (Lipinski definition) is 3. The summed E-state index contributed by atoms with van der Waals surface area (Å²) in [7, 11) is 0. The van der Waals surface area contributed by atoms with Gasteiger partial charge in [0.2, 0.25) is 0 Å². The van der Waals surface area contributed by atoms with Gasteiger partial charge in [-0.3, -0.25) is 0 Å². The van der Waals surface area contributed by atoms with Crippen LogP contribution < -0.4 is 5.73 Å². The molecule has 0 aliphatic carbocycles. The van der Waals surface area contributed by atoms with Gasteiger partial charge < -0.3 is 10.5 Å². The molecule has 0 saturated carbocycles. The van der Waals surface area contributed by atoms with Gasteiger partial charge in [0, 0.05) is 10.7 Å². The van der Waals surface area contributed by atoms with Gasteiger partial charge in [-0.1, -0.05) is 17.7 Å². The van der Waals surface area contributed by atoms with Crippen molar-refractivity contribution in [3.05, 3.63) is 62.8 Å². The summed E-state index contributed by atoms with van der Waals surface area (Å²) >= 11 is 8.87. The van der Waals surface area contributed by atoms with Gasteiger partial charge in [0.05, 0.1) is 10.0 Å². The maximum absolute atomic E-state index is 13.1. The summed E-state index contributed by atoms with van der Waals surface area (Å²) in [6.07, 6.45) is 0. The zero-order valence-corrected chi connectivity index (χ0v) is 12.5. The normalized spacial score (nSPS) is 10.3. The Morgan fingerprint density at radius 3 is 2.75 bits per heavy atom. The zero-order valence-electron chi connectivity index (χ0n) is 10.2. The van der Waals surface area contributed by atoms with Crippen LogP contribution in [-0.4, -0.2) is 5.97 Å². The average Bonchev–Trinajstić information content (AvgIpc) is 2.42. The first-order valence-corrected chi connectivity index (χ1v) is 6.80. The molecule has 0 spiro atoms. The van der Waals surface area contributed by atoms with Gasteiger partial charge in [0.15, 0.2) is 0 Å². The lowest BCUT2D eigenvalue weighted by Gasteiger charge is -2.08. The van der Waals surface area contributed by atoms with Crippen molar-refractivity contribution >= 4 is 39.2 Å². The minimum atomic E-state index is -0.578. The van der Waals surface area contributed by atoms with Gasteiger partial charge in [-0.05, 0) is 51.8 Å². The molecule has 3 nitrogen and oxygen atoms in total. The number of anilines is 1. The molecule has 0 heterocycles. The molecule has 20 heavy (non-hydrogen) atoms. The number of benzene rings is 2. The number of halogens is 3. The number of rotatable bonds is 3. The molecule has 2 rings (SSSR count). The van der Waals surface area contributed by atoms with E-state index in [2.05, 4.69) is 15.9 Å². The standard InChI is InChI=1S/C14H10BrClFNO2/c15-11-5-8(1-3-12(11)17)7-20-14(19)10-6-9(16)2-4-13(10)18/h1-6H,7,18H2. The van der Waals surface area contributed by atoms with E-state index in [4.69, 9.17) is 22.1 Å². The number of esters is 1. The lowest BCUT2D eigenvalue weighted by molar-refractivity contribution is 0.0474. The zero-order chi connectivity index (χ0) is 14.7. The molecule has 0 radical (unpaired) electrons. The highest BCUT2D eigenvalue weighted by Crippen LogP contribution is 2.20. The van der Waals surface area contributed by atoms with E-state index in [-0.39, 0.29) is 18.0 Å². The van der Waals surface area contributed by atoms with E-state index in [0.29, 0.717) is 20.7 Å². The Morgan fingerprint density at radius 2 is 2.05 bits per heavy atom. The molecule has 0 aliphatic rings. The van der Waals surface area contributed by atoms with Crippen LogP contribution in [0.3, 0.4) is 0 Å². The molecule has 2 aromatic rings. The third-order valence-electron chi connectivity index (χ3n) is 2.59. The van der Waals surface area contributed by atoms with Crippen molar-refractivity contribution in [1.29, 1.82) is 0 Å². The Morgan fingerprint density at radius 1 is 1.30 bits per heavy atom. The maximum Gasteiger partial charge on any atom is 0.340 e. The number of nitrogens with two attached hydrogens (primary N) is 1. The maximum atomic E-state index is 13.1. The molecule has 2 N–H and O–H groups in total. The Hall–Kier alpha value is -1.59. The second kappa shape index (κ2) is 6.24. The average molecular weight is 359 g/mol. The highest BCUT2D eigenvalue weighted by molar-refractivity contribution is 9.10. The summed E-state index contributed by atoms with van der Waals surface area (Å²) in [6, 6.07) is 8.94. The lowest BCUT2D eigenvalue weighted by atomic mass is 10.2. The highest BCUT2D eigenvalue weighted by Gasteiger charge is 2.12. The molecular formula is C14H10BrClFNO2. The van der Waals surface area contributed by atoms with E-state index in [1.807, 2.05) is 0 Å². The van der Waals surface area contributed by atoms with E-state index < -0.39 is 5.97 Å². The van der Waals surface area contributed by atoms with Crippen LogP contribution in [0.5, 0.6) is 0 Å². The third kappa shape index (κ3) is 3.49. The van der Waals surface area contributed by atoms with Crippen LogP contribution in [0.4, 0.5) is 10.1 Å². The topological polar surface area (TPSA) is 52.3 Å². The Labute approximate surface area is 128 Å². The van der Waals surface area contributed by atoms with Gasteiger partial charge in [-0.2, -0.15) is 0 Å². The predicted molar refractivity (Wildman–Crippen MR) is 79.1 cm³/mol. The molecule has 2 aromatic carbocycles. The van der Waals surface area contributed by atoms with Crippen LogP contribution in [0.2, 0.25) is 5.02 Å². The van der Waals surface area contributed by atoms with E-state index in [1.165, 1.54) is 24.3 Å². The molecule has 0 aliphatic heterocycles. The van der Waals surface area contributed by atoms with Crippen LogP contribution in [0.25, 0.3) is 0 Å². The fourth-order valence-corrected chi connectivity index (χ4v) is 2.16. The van der Waals surface area contributed by atoms with Crippen LogP contribution >= 0.6 is 27.5 Å². The number of carbonyl (C=O) groups is 1. The first kappa shape index (κ1) is 14.8. The molecule has 0 aromatic heterocycles. The molecular weight excluding hydrogens is 349 g/mol. The first-order valence-electron chi connectivity index (χ1n) is 5.63. The van der Waals surface area contributed by atoms with E-state index in [0.717, 1.165) is 0 Å². The fraction of sp³-hybridized carbons (Fsp3) is 0.0714. The number of carbonyl (C=O) groups excluding carboxylic acids is 1. The Bertz CT molecular complexity index is 664. The Kier molecular flexibility index (Phi) is 4.62. The molecule has 0 atom stereocenters. The molecule has 104 valence electrons. The quantitative estimate of drug-likeness (QED) is 0.661. The first-order chi connectivity index (χ1) is 9.47. The van der Waals surface area contributed by atoms with Gasteiger partial charge in [-0.25, -0.2) is 9.18 Å². The molecule has 0 saturated heterocycles. The Balaban J connectivity index is 2.08. The smallest absolute Gasteiger partial charge is 0.340 e. The van der Waals surface area contributed by atoms with Crippen LogP contribution in [0, 0.1) is 5.82 Å². The second-order valence-electron chi connectivity index (χ2n) is 4.06. The van der Waals surface area contributed by atoms with Crippen molar-refractivity contribution in [1.82, 2.24) is 0 Å². The SMILES string of the molecule is Nc1ccc(Cl)cc1C(=O)OCc1ccc(F)c(Br)c1. The third-order valence-corrected chi connectivity index (χ3v) is 3.43. The summed E-state index contributed by atoms with van der Waals surface area (Å²) in [4.78, 5) is 11.9. The summed E-state index contributed by atoms with van der Waals surface area (Å²) in [5, 5.41) is 0.399. The summed E-state index contributed by atoms with van der Waals surface area (Å²) in [5.41, 5.74) is 6.84.